The fourth-order valence-corrected chi connectivity index (χ4v) is 4.51. The van der Waals surface area contributed by atoms with Gasteiger partial charge in [0.15, 0.2) is 0 Å². The molecule has 2 aliphatic heterocycles. The minimum atomic E-state index is 0.793. The normalized spacial score (nSPS) is 17.2. The molecule has 1 N–H and O–H groups in total. The molecule has 0 spiro atoms. The van der Waals surface area contributed by atoms with Crippen molar-refractivity contribution in [2.24, 2.45) is 0 Å². The van der Waals surface area contributed by atoms with Crippen molar-refractivity contribution < 1.29 is 0 Å². The van der Waals surface area contributed by atoms with E-state index in [0.29, 0.717) is 0 Å². The molecule has 0 unspecified atom stereocenters. The summed E-state index contributed by atoms with van der Waals surface area (Å²) in [4.78, 5) is 14.0. The van der Waals surface area contributed by atoms with Crippen molar-refractivity contribution in [2.45, 2.75) is 13.0 Å². The lowest BCUT2D eigenvalue weighted by Gasteiger charge is -2.35. The molecule has 1 aromatic heterocycles. The van der Waals surface area contributed by atoms with E-state index >= 15 is 0 Å². The lowest BCUT2D eigenvalue weighted by Crippen LogP contribution is -2.45. The number of anilines is 2. The van der Waals surface area contributed by atoms with Crippen LogP contribution in [0.3, 0.4) is 0 Å². The zero-order valence-corrected chi connectivity index (χ0v) is 15.9. The van der Waals surface area contributed by atoms with Crippen molar-refractivity contribution >= 4 is 33.9 Å². The van der Waals surface area contributed by atoms with Gasteiger partial charge in [0.2, 0.25) is 0 Å². The fourth-order valence-electron chi connectivity index (χ4n) is 4.23. The number of hydrogen-bond donors (Lipinski definition) is 1. The third-order valence-corrected chi connectivity index (χ3v) is 5.89. The molecular formula is C21H22ClN5. The van der Waals surface area contributed by atoms with Crippen LogP contribution in [0.25, 0.3) is 10.8 Å². The van der Waals surface area contributed by atoms with Crippen molar-refractivity contribution in [3.05, 3.63) is 59.0 Å². The van der Waals surface area contributed by atoms with Crippen LogP contribution in [-0.4, -0.2) is 42.7 Å². The molecule has 1 fully saturated rings. The first kappa shape index (κ1) is 16.8. The second-order valence-electron chi connectivity index (χ2n) is 7.15. The largest absolute Gasteiger partial charge is 0.365 e. The Kier molecular flexibility index (Phi) is 4.34. The van der Waals surface area contributed by atoms with Crippen LogP contribution in [0.1, 0.15) is 11.3 Å². The molecule has 2 aliphatic rings. The predicted octanol–water partition coefficient (Wildman–Crippen LogP) is 3.26. The van der Waals surface area contributed by atoms with Crippen LogP contribution < -0.4 is 15.1 Å². The Morgan fingerprint density at radius 1 is 0.926 bits per heavy atom. The minimum Gasteiger partial charge on any atom is -0.365 e. The topological polar surface area (TPSA) is 44.3 Å². The van der Waals surface area contributed by atoms with E-state index < -0.39 is 0 Å². The van der Waals surface area contributed by atoms with E-state index in [1.54, 1.807) is 6.33 Å². The van der Waals surface area contributed by atoms with Gasteiger partial charge in [-0.3, -0.25) is 0 Å². The Morgan fingerprint density at radius 2 is 1.74 bits per heavy atom. The van der Waals surface area contributed by atoms with Crippen molar-refractivity contribution in [1.29, 1.82) is 0 Å². The van der Waals surface area contributed by atoms with Crippen LogP contribution in [0.15, 0.2) is 42.7 Å². The Hall–Kier alpha value is -2.37. The van der Waals surface area contributed by atoms with Gasteiger partial charge in [0, 0.05) is 49.4 Å². The van der Waals surface area contributed by atoms with E-state index in [0.717, 1.165) is 67.6 Å². The molecule has 3 aromatic rings. The molecule has 6 heteroatoms. The first-order chi connectivity index (χ1) is 13.3. The standard InChI is InChI=1S/C21H22ClN5/c22-17-5-1-3-15-4-2-6-19(20(15)17)27-10-7-16-18(13-27)24-14-25-21(16)26-11-8-23-9-12-26/h1-6,14,23H,7-13H2. The van der Waals surface area contributed by atoms with Gasteiger partial charge >= 0.3 is 0 Å². The van der Waals surface area contributed by atoms with Gasteiger partial charge in [-0.25, -0.2) is 9.97 Å². The second kappa shape index (κ2) is 6.98. The highest BCUT2D eigenvalue weighted by atomic mass is 35.5. The van der Waals surface area contributed by atoms with Gasteiger partial charge in [-0.1, -0.05) is 35.9 Å². The van der Waals surface area contributed by atoms with Gasteiger partial charge in [-0.05, 0) is 23.9 Å². The van der Waals surface area contributed by atoms with E-state index in [2.05, 4.69) is 49.4 Å². The molecule has 138 valence electrons. The Morgan fingerprint density at radius 3 is 2.59 bits per heavy atom. The van der Waals surface area contributed by atoms with Crippen molar-refractivity contribution in [2.75, 3.05) is 42.5 Å². The maximum Gasteiger partial charge on any atom is 0.135 e. The van der Waals surface area contributed by atoms with E-state index in [1.165, 1.54) is 16.6 Å². The summed E-state index contributed by atoms with van der Waals surface area (Å²) in [6.07, 6.45) is 2.67. The van der Waals surface area contributed by atoms with Crippen LogP contribution in [0.2, 0.25) is 5.02 Å². The van der Waals surface area contributed by atoms with E-state index in [1.807, 2.05) is 12.1 Å². The van der Waals surface area contributed by atoms with Crippen molar-refractivity contribution in [1.82, 2.24) is 15.3 Å². The molecule has 3 heterocycles. The average molecular weight is 380 g/mol. The molecule has 2 aromatic carbocycles. The molecule has 0 saturated carbocycles. The third kappa shape index (κ3) is 3.01. The van der Waals surface area contributed by atoms with E-state index in [9.17, 15) is 0 Å². The van der Waals surface area contributed by atoms with Crippen LogP contribution in [0.5, 0.6) is 0 Å². The highest BCUT2D eigenvalue weighted by molar-refractivity contribution is 6.36. The number of benzene rings is 2. The summed E-state index contributed by atoms with van der Waals surface area (Å²) in [5.41, 5.74) is 3.63. The van der Waals surface area contributed by atoms with Crippen LogP contribution in [0, 0.1) is 0 Å². The summed E-state index contributed by atoms with van der Waals surface area (Å²) in [6, 6.07) is 12.5. The molecule has 1 saturated heterocycles. The molecule has 0 amide bonds. The van der Waals surface area contributed by atoms with Crippen LogP contribution in [0.4, 0.5) is 11.5 Å². The zero-order valence-electron chi connectivity index (χ0n) is 15.2. The molecule has 0 radical (unpaired) electrons. The Balaban J connectivity index is 1.51. The molecule has 0 aliphatic carbocycles. The molecular weight excluding hydrogens is 358 g/mol. The summed E-state index contributed by atoms with van der Waals surface area (Å²) in [5, 5.41) is 6.52. The molecule has 0 atom stereocenters. The van der Waals surface area contributed by atoms with Gasteiger partial charge in [-0.2, -0.15) is 0 Å². The van der Waals surface area contributed by atoms with Gasteiger partial charge in [-0.15, -0.1) is 0 Å². The van der Waals surface area contributed by atoms with Crippen LogP contribution in [-0.2, 0) is 13.0 Å². The number of fused-ring (bicyclic) bond motifs is 2. The summed E-state index contributed by atoms with van der Waals surface area (Å²) in [7, 11) is 0. The SMILES string of the molecule is Clc1cccc2cccc(N3CCc4c(ncnc4N4CCNCC4)C3)c12. The number of rotatable bonds is 2. The zero-order chi connectivity index (χ0) is 18.2. The van der Waals surface area contributed by atoms with Gasteiger partial charge in [0.05, 0.1) is 17.3 Å². The highest BCUT2D eigenvalue weighted by Gasteiger charge is 2.25. The Bertz CT molecular complexity index is 978. The number of nitrogens with one attached hydrogen (secondary N) is 1. The number of piperazine rings is 1. The third-order valence-electron chi connectivity index (χ3n) is 5.57. The van der Waals surface area contributed by atoms with Crippen molar-refractivity contribution in [3.8, 4) is 0 Å². The molecule has 0 bridgehead atoms. The monoisotopic (exact) mass is 379 g/mol. The van der Waals surface area contributed by atoms with Gasteiger partial charge in [0.1, 0.15) is 12.1 Å². The smallest absolute Gasteiger partial charge is 0.135 e. The second-order valence-corrected chi connectivity index (χ2v) is 7.55. The van der Waals surface area contributed by atoms with Gasteiger partial charge < -0.3 is 15.1 Å². The summed E-state index contributed by atoms with van der Waals surface area (Å²) < 4.78 is 0. The van der Waals surface area contributed by atoms with Crippen molar-refractivity contribution in [3.63, 3.8) is 0 Å². The number of nitrogens with zero attached hydrogens (tertiary/aromatic N) is 4. The fraction of sp³-hybridized carbons (Fsp3) is 0.333. The van der Waals surface area contributed by atoms with Gasteiger partial charge in [0.25, 0.3) is 0 Å². The van der Waals surface area contributed by atoms with E-state index in [-0.39, 0.29) is 0 Å². The summed E-state index contributed by atoms with van der Waals surface area (Å²) in [6.45, 7) is 5.78. The summed E-state index contributed by atoms with van der Waals surface area (Å²) in [5.74, 6) is 1.12. The lowest BCUT2D eigenvalue weighted by atomic mass is 10.0. The lowest BCUT2D eigenvalue weighted by molar-refractivity contribution is 0.579. The predicted molar refractivity (Wildman–Crippen MR) is 111 cm³/mol. The van der Waals surface area contributed by atoms with E-state index in [4.69, 9.17) is 11.6 Å². The molecule has 5 rings (SSSR count). The maximum atomic E-state index is 6.54. The molecule has 27 heavy (non-hydrogen) atoms. The summed E-state index contributed by atoms with van der Waals surface area (Å²) >= 11 is 6.54. The maximum absolute atomic E-state index is 6.54. The Labute approximate surface area is 164 Å². The minimum absolute atomic E-state index is 0.793. The first-order valence-corrected chi connectivity index (χ1v) is 9.89. The van der Waals surface area contributed by atoms with Crippen LogP contribution >= 0.6 is 11.6 Å². The first-order valence-electron chi connectivity index (χ1n) is 9.52. The molecule has 5 nitrogen and oxygen atoms in total. The highest BCUT2D eigenvalue weighted by Crippen LogP contribution is 2.36. The number of aromatic nitrogens is 2. The number of halogens is 1. The quantitative estimate of drug-likeness (QED) is 0.740. The number of hydrogen-bond acceptors (Lipinski definition) is 5. The average Bonchev–Trinajstić information content (AvgIpc) is 2.73.